The Hall–Kier alpha value is -3.74. The molecule has 29 heavy (non-hydrogen) atoms. The third-order valence-corrected chi connectivity index (χ3v) is 5.51. The molecule has 0 unspecified atom stereocenters. The highest BCUT2D eigenvalue weighted by Crippen LogP contribution is 2.39. The van der Waals surface area contributed by atoms with Gasteiger partial charge in [0, 0.05) is 23.2 Å². The third-order valence-electron chi connectivity index (χ3n) is 5.51. The molecule has 4 heterocycles. The van der Waals surface area contributed by atoms with Gasteiger partial charge in [-0.15, -0.1) is 10.2 Å². The second-order valence-electron chi connectivity index (χ2n) is 7.29. The molecule has 7 nitrogen and oxygen atoms in total. The average Bonchev–Trinajstić information content (AvgIpc) is 3.52. The lowest BCUT2D eigenvalue weighted by atomic mass is 10.0. The summed E-state index contributed by atoms with van der Waals surface area (Å²) in [7, 11) is 0. The van der Waals surface area contributed by atoms with Crippen LogP contribution in [0.5, 0.6) is 0 Å². The van der Waals surface area contributed by atoms with Gasteiger partial charge >= 0.3 is 0 Å². The molecule has 0 saturated carbocycles. The Balaban J connectivity index is 1.47. The van der Waals surface area contributed by atoms with Crippen LogP contribution in [0.15, 0.2) is 58.0 Å². The molecule has 6 rings (SSSR count). The van der Waals surface area contributed by atoms with Gasteiger partial charge in [0.15, 0.2) is 11.6 Å². The molecule has 0 amide bonds. The van der Waals surface area contributed by atoms with Gasteiger partial charge in [-0.05, 0) is 18.6 Å². The molecule has 2 aliphatic heterocycles. The molecule has 1 N–H and O–H groups in total. The number of rotatable bonds is 3. The lowest BCUT2D eigenvalue weighted by Crippen LogP contribution is -2.19. The van der Waals surface area contributed by atoms with Crippen molar-refractivity contribution < 1.29 is 4.52 Å². The highest BCUT2D eigenvalue weighted by atomic mass is 16.5. The molecular formula is C22H18N6O. The SMILES string of the molecule is Cc1onc(-c2ccccc2)c1-c1nnc2n1Cc1ccc(C3=NCCN3)cc1-2. The zero-order valence-electron chi connectivity index (χ0n) is 15.9. The molecule has 0 bridgehead atoms. The lowest BCUT2D eigenvalue weighted by Gasteiger charge is -2.05. The van der Waals surface area contributed by atoms with Crippen molar-refractivity contribution in [3.63, 3.8) is 0 Å². The van der Waals surface area contributed by atoms with Crippen LogP contribution in [-0.4, -0.2) is 38.8 Å². The number of hydrogen-bond acceptors (Lipinski definition) is 6. The van der Waals surface area contributed by atoms with Crippen LogP contribution in [0.2, 0.25) is 0 Å². The molecule has 0 radical (unpaired) electrons. The summed E-state index contributed by atoms with van der Waals surface area (Å²) in [5, 5.41) is 16.7. The fourth-order valence-corrected chi connectivity index (χ4v) is 4.10. The third kappa shape index (κ3) is 2.44. The molecule has 142 valence electrons. The quantitative estimate of drug-likeness (QED) is 0.518. The number of hydrogen-bond donors (Lipinski definition) is 1. The number of aliphatic imine (C=N–C) groups is 1. The Morgan fingerprint density at radius 1 is 1.00 bits per heavy atom. The maximum Gasteiger partial charge on any atom is 0.170 e. The first-order chi connectivity index (χ1) is 14.3. The summed E-state index contributed by atoms with van der Waals surface area (Å²) in [6, 6.07) is 16.5. The van der Waals surface area contributed by atoms with Gasteiger partial charge in [0.2, 0.25) is 0 Å². The predicted octanol–water partition coefficient (Wildman–Crippen LogP) is 3.29. The van der Waals surface area contributed by atoms with E-state index in [1.54, 1.807) is 0 Å². The van der Waals surface area contributed by atoms with E-state index in [2.05, 4.69) is 48.4 Å². The maximum absolute atomic E-state index is 5.54. The van der Waals surface area contributed by atoms with E-state index in [-0.39, 0.29) is 0 Å². The van der Waals surface area contributed by atoms with Gasteiger partial charge in [0.05, 0.1) is 18.7 Å². The first kappa shape index (κ1) is 16.2. The van der Waals surface area contributed by atoms with E-state index in [0.29, 0.717) is 0 Å². The minimum absolute atomic E-state index is 0.728. The van der Waals surface area contributed by atoms with Gasteiger partial charge in [-0.1, -0.05) is 47.6 Å². The fourth-order valence-electron chi connectivity index (χ4n) is 4.10. The van der Waals surface area contributed by atoms with Gasteiger partial charge < -0.3 is 14.4 Å². The lowest BCUT2D eigenvalue weighted by molar-refractivity contribution is 0.400. The summed E-state index contributed by atoms with van der Waals surface area (Å²) in [5.41, 5.74) is 6.11. The van der Waals surface area contributed by atoms with E-state index in [0.717, 1.165) is 70.8 Å². The minimum atomic E-state index is 0.728. The molecular weight excluding hydrogens is 364 g/mol. The number of aryl methyl sites for hydroxylation is 1. The maximum atomic E-state index is 5.54. The largest absolute Gasteiger partial charge is 0.368 e. The fraction of sp³-hybridized carbons (Fsp3) is 0.182. The molecule has 0 aliphatic carbocycles. The summed E-state index contributed by atoms with van der Waals surface area (Å²) >= 11 is 0. The van der Waals surface area contributed by atoms with Crippen molar-refractivity contribution >= 4 is 5.84 Å². The van der Waals surface area contributed by atoms with Crippen molar-refractivity contribution in [3.05, 3.63) is 65.4 Å². The van der Waals surface area contributed by atoms with Crippen LogP contribution in [0.25, 0.3) is 34.0 Å². The van der Waals surface area contributed by atoms with Crippen LogP contribution in [0.4, 0.5) is 0 Å². The van der Waals surface area contributed by atoms with Crippen LogP contribution in [0, 0.1) is 6.92 Å². The first-order valence-corrected chi connectivity index (χ1v) is 9.67. The predicted molar refractivity (Wildman–Crippen MR) is 110 cm³/mol. The summed E-state index contributed by atoms with van der Waals surface area (Å²) in [6.45, 7) is 4.36. The zero-order valence-corrected chi connectivity index (χ0v) is 15.9. The van der Waals surface area contributed by atoms with Gasteiger partial charge in [-0.3, -0.25) is 4.99 Å². The number of nitrogens with one attached hydrogen (secondary N) is 1. The Labute approximate surface area is 167 Å². The first-order valence-electron chi connectivity index (χ1n) is 9.67. The van der Waals surface area contributed by atoms with Crippen molar-refractivity contribution in [2.75, 3.05) is 13.1 Å². The van der Waals surface area contributed by atoms with E-state index < -0.39 is 0 Å². The van der Waals surface area contributed by atoms with E-state index >= 15 is 0 Å². The topological polar surface area (TPSA) is 81.1 Å². The van der Waals surface area contributed by atoms with E-state index in [1.807, 2.05) is 37.3 Å². The Kier molecular flexibility index (Phi) is 3.43. The molecule has 2 aromatic heterocycles. The molecule has 0 spiro atoms. The Morgan fingerprint density at radius 2 is 1.86 bits per heavy atom. The summed E-state index contributed by atoms with van der Waals surface area (Å²) < 4.78 is 7.69. The van der Waals surface area contributed by atoms with E-state index in [4.69, 9.17) is 4.52 Å². The molecule has 7 heteroatoms. The smallest absolute Gasteiger partial charge is 0.170 e. The average molecular weight is 382 g/mol. The highest BCUT2D eigenvalue weighted by molar-refractivity contribution is 6.01. The second-order valence-corrected chi connectivity index (χ2v) is 7.29. The summed E-state index contributed by atoms with van der Waals surface area (Å²) in [5.74, 6) is 3.34. The van der Waals surface area contributed by atoms with Gasteiger partial charge in [0.1, 0.15) is 17.3 Å². The summed E-state index contributed by atoms with van der Waals surface area (Å²) in [6.07, 6.45) is 0. The van der Waals surface area contributed by atoms with Crippen molar-refractivity contribution in [1.29, 1.82) is 0 Å². The van der Waals surface area contributed by atoms with Crippen LogP contribution >= 0.6 is 0 Å². The molecule has 0 saturated heterocycles. The standard InChI is InChI=1S/C22H18N6O/c1-13-18(19(27-29-13)14-5-3-2-4-6-14)22-26-25-21-17-11-15(20-23-9-10-24-20)7-8-16(17)12-28(21)22/h2-8,11H,9-10,12H2,1H3,(H,23,24). The highest BCUT2D eigenvalue weighted by Gasteiger charge is 2.29. The van der Waals surface area contributed by atoms with Crippen molar-refractivity contribution in [2.45, 2.75) is 13.5 Å². The summed E-state index contributed by atoms with van der Waals surface area (Å²) in [4.78, 5) is 4.53. The minimum Gasteiger partial charge on any atom is -0.368 e. The molecule has 0 fully saturated rings. The normalized spacial score (nSPS) is 14.4. The molecule has 2 aromatic carbocycles. The monoisotopic (exact) mass is 382 g/mol. The van der Waals surface area contributed by atoms with E-state index in [1.165, 1.54) is 5.56 Å². The van der Waals surface area contributed by atoms with Crippen molar-refractivity contribution in [2.24, 2.45) is 4.99 Å². The number of fused-ring (bicyclic) bond motifs is 3. The van der Waals surface area contributed by atoms with Gasteiger partial charge in [-0.2, -0.15) is 0 Å². The van der Waals surface area contributed by atoms with Gasteiger partial charge in [0.25, 0.3) is 0 Å². The number of amidine groups is 1. The van der Waals surface area contributed by atoms with Crippen LogP contribution in [-0.2, 0) is 6.54 Å². The van der Waals surface area contributed by atoms with Crippen LogP contribution in [0.3, 0.4) is 0 Å². The second kappa shape index (κ2) is 6.13. The Bertz CT molecular complexity index is 1270. The molecule has 0 atom stereocenters. The van der Waals surface area contributed by atoms with Crippen LogP contribution in [0.1, 0.15) is 16.9 Å². The van der Waals surface area contributed by atoms with Crippen molar-refractivity contribution in [3.8, 4) is 34.0 Å². The number of benzene rings is 2. The van der Waals surface area contributed by atoms with E-state index in [9.17, 15) is 0 Å². The van der Waals surface area contributed by atoms with Crippen molar-refractivity contribution in [1.82, 2.24) is 25.2 Å². The zero-order chi connectivity index (χ0) is 19.4. The number of nitrogens with zero attached hydrogens (tertiary/aromatic N) is 5. The van der Waals surface area contributed by atoms with Gasteiger partial charge in [-0.25, -0.2) is 0 Å². The molecule has 4 aromatic rings. The Morgan fingerprint density at radius 3 is 2.69 bits per heavy atom. The number of aromatic nitrogens is 4. The van der Waals surface area contributed by atoms with Crippen LogP contribution < -0.4 is 5.32 Å². The molecule has 2 aliphatic rings.